The van der Waals surface area contributed by atoms with E-state index in [2.05, 4.69) is 5.32 Å². The number of anilines is 2. The third-order valence-electron chi connectivity index (χ3n) is 5.93. The third kappa shape index (κ3) is 5.42. The lowest BCUT2D eigenvalue weighted by atomic mass is 10.1. The molecule has 0 bridgehead atoms. The highest BCUT2D eigenvalue weighted by atomic mass is 16.5. The number of rotatable bonds is 6. The first-order chi connectivity index (χ1) is 16.0. The first-order valence-electron chi connectivity index (χ1n) is 11.5. The lowest BCUT2D eigenvalue weighted by Gasteiger charge is -2.36. The lowest BCUT2D eigenvalue weighted by molar-refractivity contribution is -0.134. The minimum Gasteiger partial charge on any atom is -0.478 e. The van der Waals surface area contributed by atoms with E-state index in [1.165, 1.54) is 11.0 Å². The van der Waals surface area contributed by atoms with Gasteiger partial charge in [0.2, 0.25) is 11.8 Å². The molecule has 7 heteroatoms. The van der Waals surface area contributed by atoms with Crippen LogP contribution in [0, 0.1) is 0 Å². The Kier molecular flexibility index (Phi) is 7.07. The largest absolute Gasteiger partial charge is 0.478 e. The Morgan fingerprint density at radius 3 is 2.58 bits per heavy atom. The molecule has 0 spiro atoms. The molecule has 7 nitrogen and oxygen atoms in total. The number of amides is 3. The van der Waals surface area contributed by atoms with Gasteiger partial charge < -0.3 is 15.0 Å². The molecule has 33 heavy (non-hydrogen) atoms. The molecule has 4 rings (SSSR count). The van der Waals surface area contributed by atoms with E-state index in [4.69, 9.17) is 4.74 Å². The zero-order valence-electron chi connectivity index (χ0n) is 18.8. The second-order valence-electron chi connectivity index (χ2n) is 8.30. The summed E-state index contributed by atoms with van der Waals surface area (Å²) in [7, 11) is 0. The fraction of sp³-hybridized carbons (Fsp3) is 0.346. The number of fused-ring (bicyclic) bond motifs is 1. The number of piperidine rings is 1. The van der Waals surface area contributed by atoms with E-state index >= 15 is 0 Å². The number of likely N-dealkylation sites (tertiary alicyclic amines) is 1. The predicted molar refractivity (Wildman–Crippen MR) is 128 cm³/mol. The van der Waals surface area contributed by atoms with Gasteiger partial charge in [0, 0.05) is 24.9 Å². The molecular weight excluding hydrogens is 418 g/mol. The molecule has 3 amide bonds. The van der Waals surface area contributed by atoms with Crippen LogP contribution in [-0.4, -0.2) is 48.4 Å². The maximum absolute atomic E-state index is 13.1. The zero-order chi connectivity index (χ0) is 23.2. The van der Waals surface area contributed by atoms with Gasteiger partial charge in [0.25, 0.3) is 5.91 Å². The molecule has 1 N–H and O–H groups in total. The molecule has 1 saturated heterocycles. The molecule has 2 heterocycles. The normalized spacial score (nSPS) is 18.1. The molecule has 1 unspecified atom stereocenters. The molecule has 1 fully saturated rings. The van der Waals surface area contributed by atoms with Crippen molar-refractivity contribution in [2.45, 2.75) is 38.7 Å². The molecule has 2 aliphatic heterocycles. The minimum absolute atomic E-state index is 0.0308. The van der Waals surface area contributed by atoms with E-state index in [0.717, 1.165) is 37.9 Å². The highest BCUT2D eigenvalue weighted by molar-refractivity contribution is 6.06. The number of benzene rings is 2. The van der Waals surface area contributed by atoms with E-state index in [1.807, 2.05) is 42.2 Å². The number of hydrogen-bond donors (Lipinski definition) is 1. The maximum Gasteiger partial charge on any atom is 0.268 e. The van der Waals surface area contributed by atoms with E-state index in [0.29, 0.717) is 23.5 Å². The van der Waals surface area contributed by atoms with Crippen LogP contribution < -0.4 is 15.0 Å². The zero-order valence-corrected chi connectivity index (χ0v) is 18.8. The van der Waals surface area contributed by atoms with Gasteiger partial charge >= 0.3 is 0 Å². The van der Waals surface area contributed by atoms with Crippen LogP contribution >= 0.6 is 0 Å². The summed E-state index contributed by atoms with van der Waals surface area (Å²) in [4.78, 5) is 41.7. The molecule has 1 atom stereocenters. The average molecular weight is 448 g/mol. The van der Waals surface area contributed by atoms with Gasteiger partial charge in [0.15, 0.2) is 6.10 Å². The molecular formula is C26H29N3O4. The fourth-order valence-electron chi connectivity index (χ4n) is 4.12. The van der Waals surface area contributed by atoms with Crippen molar-refractivity contribution < 1.29 is 19.1 Å². The summed E-state index contributed by atoms with van der Waals surface area (Å²) in [5.41, 5.74) is 1.95. The molecule has 0 saturated carbocycles. The van der Waals surface area contributed by atoms with Crippen molar-refractivity contribution >= 4 is 35.2 Å². The Morgan fingerprint density at radius 2 is 1.85 bits per heavy atom. The van der Waals surface area contributed by atoms with E-state index < -0.39 is 6.10 Å². The molecule has 2 aliphatic rings. The van der Waals surface area contributed by atoms with Crippen LogP contribution in [0.5, 0.6) is 5.75 Å². The molecule has 0 aromatic heterocycles. The summed E-state index contributed by atoms with van der Waals surface area (Å²) in [5, 5.41) is 2.82. The summed E-state index contributed by atoms with van der Waals surface area (Å²) in [6, 6.07) is 14.7. The topological polar surface area (TPSA) is 79.0 Å². The Morgan fingerprint density at radius 1 is 1.09 bits per heavy atom. The highest BCUT2D eigenvalue weighted by Gasteiger charge is 2.35. The Balaban J connectivity index is 1.52. The van der Waals surface area contributed by atoms with Crippen LogP contribution in [0.15, 0.2) is 54.6 Å². The van der Waals surface area contributed by atoms with Gasteiger partial charge in [-0.15, -0.1) is 0 Å². The van der Waals surface area contributed by atoms with Crippen molar-refractivity contribution in [2.75, 3.05) is 29.9 Å². The summed E-state index contributed by atoms with van der Waals surface area (Å²) >= 11 is 0. The average Bonchev–Trinajstić information content (AvgIpc) is 2.85. The first kappa shape index (κ1) is 22.6. The quantitative estimate of drug-likeness (QED) is 0.682. The number of nitrogens with zero attached hydrogens (tertiary/aromatic N) is 2. The van der Waals surface area contributed by atoms with Gasteiger partial charge in [0.05, 0.1) is 5.69 Å². The number of nitrogens with one attached hydrogen (secondary N) is 1. The SMILES string of the molecule is CCC1Oc2ccc(NC(=O)/C=C/c3ccccc3)cc2N(CC(=O)N2CCCCC2)C1=O. The van der Waals surface area contributed by atoms with Crippen molar-refractivity contribution in [2.24, 2.45) is 0 Å². The molecule has 2 aromatic carbocycles. The van der Waals surface area contributed by atoms with Crippen molar-refractivity contribution in [3.8, 4) is 5.75 Å². The number of ether oxygens (including phenoxy) is 1. The second-order valence-corrected chi connectivity index (χ2v) is 8.30. The van der Waals surface area contributed by atoms with Crippen LogP contribution in [0.3, 0.4) is 0 Å². The van der Waals surface area contributed by atoms with Crippen LogP contribution in [0.4, 0.5) is 11.4 Å². The standard InChI is InChI=1S/C26H29N3O4/c1-2-22-26(32)29(18-25(31)28-15-7-4-8-16-28)21-17-20(12-13-23(21)33-22)27-24(30)14-11-19-9-5-3-6-10-19/h3,5-6,9-14,17,22H,2,4,7-8,15-16,18H2,1H3,(H,27,30)/b14-11+. The summed E-state index contributed by atoms with van der Waals surface area (Å²) < 4.78 is 5.87. The third-order valence-corrected chi connectivity index (χ3v) is 5.93. The summed E-state index contributed by atoms with van der Waals surface area (Å²) in [6.07, 6.45) is 6.18. The van der Waals surface area contributed by atoms with Crippen molar-refractivity contribution in [1.29, 1.82) is 0 Å². The van der Waals surface area contributed by atoms with Gasteiger partial charge in [-0.25, -0.2) is 0 Å². The van der Waals surface area contributed by atoms with Crippen LogP contribution in [-0.2, 0) is 14.4 Å². The van der Waals surface area contributed by atoms with Gasteiger partial charge in [-0.1, -0.05) is 37.3 Å². The number of hydrogen-bond acceptors (Lipinski definition) is 4. The number of carbonyl (C=O) groups is 3. The van der Waals surface area contributed by atoms with E-state index in [1.54, 1.807) is 24.3 Å². The monoisotopic (exact) mass is 447 g/mol. The Labute approximate surface area is 194 Å². The molecule has 172 valence electrons. The predicted octanol–water partition coefficient (Wildman–Crippen LogP) is 3.86. The first-order valence-corrected chi connectivity index (χ1v) is 11.5. The lowest BCUT2D eigenvalue weighted by Crippen LogP contribution is -2.51. The second kappa shape index (κ2) is 10.3. The van der Waals surface area contributed by atoms with Crippen LogP contribution in [0.2, 0.25) is 0 Å². The molecule has 2 aromatic rings. The Hall–Kier alpha value is -3.61. The summed E-state index contributed by atoms with van der Waals surface area (Å²) in [5.74, 6) is -0.0521. The smallest absolute Gasteiger partial charge is 0.268 e. The van der Waals surface area contributed by atoms with Crippen molar-refractivity contribution in [3.63, 3.8) is 0 Å². The van der Waals surface area contributed by atoms with Crippen LogP contribution in [0.25, 0.3) is 6.08 Å². The van der Waals surface area contributed by atoms with Gasteiger partial charge in [-0.2, -0.15) is 0 Å². The van der Waals surface area contributed by atoms with E-state index in [9.17, 15) is 14.4 Å². The molecule has 0 radical (unpaired) electrons. The van der Waals surface area contributed by atoms with Crippen molar-refractivity contribution in [3.05, 3.63) is 60.2 Å². The maximum atomic E-state index is 13.1. The molecule has 0 aliphatic carbocycles. The summed E-state index contributed by atoms with van der Waals surface area (Å²) in [6.45, 7) is 3.30. The van der Waals surface area contributed by atoms with Gasteiger partial charge in [-0.05, 0) is 55.5 Å². The number of carbonyl (C=O) groups excluding carboxylic acids is 3. The highest BCUT2D eigenvalue weighted by Crippen LogP contribution is 2.37. The van der Waals surface area contributed by atoms with Crippen molar-refractivity contribution in [1.82, 2.24) is 4.90 Å². The van der Waals surface area contributed by atoms with Crippen LogP contribution in [0.1, 0.15) is 38.2 Å². The minimum atomic E-state index is -0.624. The van der Waals surface area contributed by atoms with Gasteiger partial charge in [-0.3, -0.25) is 19.3 Å². The Bertz CT molecular complexity index is 1040. The van der Waals surface area contributed by atoms with E-state index in [-0.39, 0.29) is 24.3 Å². The fourth-order valence-corrected chi connectivity index (χ4v) is 4.12. The van der Waals surface area contributed by atoms with Gasteiger partial charge in [0.1, 0.15) is 12.3 Å².